The third kappa shape index (κ3) is 8.59. The minimum atomic E-state index is -1.39. The van der Waals surface area contributed by atoms with Gasteiger partial charge in [0, 0.05) is 13.1 Å². The van der Waals surface area contributed by atoms with Gasteiger partial charge < -0.3 is 47.6 Å². The summed E-state index contributed by atoms with van der Waals surface area (Å²) in [5, 5.41) is 52.4. The number of rotatable bonds is 14. The Kier molecular flexibility index (Phi) is 11.2. The molecule has 1 aliphatic rings. The van der Waals surface area contributed by atoms with Crippen molar-refractivity contribution in [1.82, 2.24) is 10.6 Å². The summed E-state index contributed by atoms with van der Waals surface area (Å²) >= 11 is 0. The van der Waals surface area contributed by atoms with Gasteiger partial charge in [-0.1, -0.05) is 0 Å². The molecule has 0 aromatic heterocycles. The van der Waals surface area contributed by atoms with Crippen molar-refractivity contribution < 1.29 is 35.1 Å². The quantitative estimate of drug-likeness (QED) is 0.124. The van der Waals surface area contributed by atoms with Crippen LogP contribution >= 0.6 is 0 Å². The molecule has 30 heavy (non-hydrogen) atoms. The van der Waals surface area contributed by atoms with E-state index in [1.54, 1.807) is 0 Å². The molecular weight excluding hydrogens is 400 g/mol. The molecule has 1 saturated heterocycles. The van der Waals surface area contributed by atoms with Crippen molar-refractivity contribution in [3.8, 4) is 0 Å². The van der Waals surface area contributed by atoms with Crippen LogP contribution in [0.15, 0.2) is 9.98 Å². The fourth-order valence-corrected chi connectivity index (χ4v) is 2.68. The summed E-state index contributed by atoms with van der Waals surface area (Å²) in [6, 6.07) is -2.71. The van der Waals surface area contributed by atoms with E-state index in [2.05, 4.69) is 20.6 Å². The van der Waals surface area contributed by atoms with Gasteiger partial charge in [0.2, 0.25) is 0 Å². The Morgan fingerprint density at radius 2 is 1.53 bits per heavy atom. The molecule has 0 aromatic rings. The molecule has 2 unspecified atom stereocenters. The van der Waals surface area contributed by atoms with E-state index in [4.69, 9.17) is 26.8 Å². The SMILES string of the molecule is NC(CCCN=C1NC(=NCCCC[C@H](N)C(=O)O)C([C@H](O)[C@@H](O)CO)N1)C(=O)O. The summed E-state index contributed by atoms with van der Waals surface area (Å²) < 4.78 is 0. The molecule has 5 atom stereocenters. The minimum absolute atomic E-state index is 0.251. The van der Waals surface area contributed by atoms with Crippen molar-refractivity contribution in [3.05, 3.63) is 0 Å². The highest BCUT2D eigenvalue weighted by atomic mass is 16.4. The number of aliphatic hydroxyl groups excluding tert-OH is 3. The first-order valence-electron chi connectivity index (χ1n) is 9.73. The zero-order valence-corrected chi connectivity index (χ0v) is 16.6. The number of hydrogen-bond acceptors (Lipinski definition) is 9. The third-order valence-corrected chi connectivity index (χ3v) is 4.54. The standard InChI is InChI=1S/C17H32N6O7/c18-9(15(27)28)4-1-2-6-20-14-12(13(26)11(25)8-24)22-17(23-14)21-7-3-5-10(19)16(29)30/h9-13,24-26H,1-8,18-19H2,(H,27,28)(H,29,30)(H2,20,21,22,23)/t9-,10?,11-,12?,13+/m0/s1. The summed E-state index contributed by atoms with van der Waals surface area (Å²) in [6.07, 6.45) is -0.631. The van der Waals surface area contributed by atoms with Gasteiger partial charge in [0.15, 0.2) is 5.96 Å². The Balaban J connectivity index is 2.65. The summed E-state index contributed by atoms with van der Waals surface area (Å²) in [5.41, 5.74) is 10.9. The molecule has 0 amide bonds. The highest BCUT2D eigenvalue weighted by Crippen LogP contribution is 2.08. The lowest BCUT2D eigenvalue weighted by molar-refractivity contribution is -0.139. The lowest BCUT2D eigenvalue weighted by Gasteiger charge is -2.21. The monoisotopic (exact) mass is 432 g/mol. The predicted octanol–water partition coefficient (Wildman–Crippen LogP) is -3.21. The van der Waals surface area contributed by atoms with Crippen LogP contribution in [0.2, 0.25) is 0 Å². The average molecular weight is 432 g/mol. The normalized spacial score (nSPS) is 22.9. The molecule has 0 radical (unpaired) electrons. The zero-order valence-electron chi connectivity index (χ0n) is 16.6. The van der Waals surface area contributed by atoms with E-state index in [1.807, 2.05) is 0 Å². The van der Waals surface area contributed by atoms with E-state index in [0.29, 0.717) is 44.0 Å². The summed E-state index contributed by atoms with van der Waals surface area (Å²) in [4.78, 5) is 30.0. The number of guanidine groups is 1. The summed E-state index contributed by atoms with van der Waals surface area (Å²) in [6.45, 7) is -0.0309. The number of aliphatic hydroxyl groups is 3. The predicted molar refractivity (Wildman–Crippen MR) is 108 cm³/mol. The van der Waals surface area contributed by atoms with Crippen molar-refractivity contribution in [2.75, 3.05) is 19.7 Å². The second-order valence-corrected chi connectivity index (χ2v) is 7.01. The van der Waals surface area contributed by atoms with Crippen LogP contribution in [0, 0.1) is 0 Å². The topological polar surface area (TPSA) is 236 Å². The molecule has 1 heterocycles. The molecule has 0 aromatic carbocycles. The molecule has 0 bridgehead atoms. The lowest BCUT2D eigenvalue weighted by atomic mass is 10.1. The second kappa shape index (κ2) is 13.1. The number of carboxylic acids is 2. The molecule has 0 aliphatic carbocycles. The molecule has 0 saturated carbocycles. The number of nitrogens with zero attached hydrogens (tertiary/aromatic N) is 2. The molecule has 11 N–H and O–H groups in total. The highest BCUT2D eigenvalue weighted by Gasteiger charge is 2.36. The van der Waals surface area contributed by atoms with Crippen molar-refractivity contribution in [3.63, 3.8) is 0 Å². The molecule has 172 valence electrons. The van der Waals surface area contributed by atoms with E-state index < -0.39 is 48.9 Å². The summed E-state index contributed by atoms with van der Waals surface area (Å²) in [5.74, 6) is -1.53. The van der Waals surface area contributed by atoms with Crippen molar-refractivity contribution in [2.45, 2.75) is 62.4 Å². The number of unbranched alkanes of at least 4 members (excludes halogenated alkanes) is 1. The molecule has 13 heteroatoms. The van der Waals surface area contributed by atoms with Crippen LogP contribution in [0.4, 0.5) is 0 Å². The van der Waals surface area contributed by atoms with E-state index in [-0.39, 0.29) is 13.0 Å². The number of carbonyl (C=O) groups is 2. The molecule has 0 spiro atoms. The first-order chi connectivity index (χ1) is 14.2. The Bertz CT molecular complexity index is 630. The molecule has 1 rings (SSSR count). The Hall–Kier alpha value is -2.32. The third-order valence-electron chi connectivity index (χ3n) is 4.54. The highest BCUT2D eigenvalue weighted by molar-refractivity contribution is 6.09. The van der Waals surface area contributed by atoms with Crippen molar-refractivity contribution in [1.29, 1.82) is 0 Å². The van der Waals surface area contributed by atoms with Gasteiger partial charge in [-0.3, -0.25) is 19.6 Å². The number of nitrogens with one attached hydrogen (secondary N) is 2. The van der Waals surface area contributed by atoms with Gasteiger partial charge in [-0.15, -0.1) is 0 Å². The van der Waals surface area contributed by atoms with Crippen molar-refractivity contribution >= 4 is 23.7 Å². The lowest BCUT2D eigenvalue weighted by Crippen LogP contribution is -2.48. The number of hydrogen-bond donors (Lipinski definition) is 9. The van der Waals surface area contributed by atoms with Gasteiger partial charge in [0.1, 0.15) is 36.2 Å². The fraction of sp³-hybridized carbons (Fsp3) is 0.765. The average Bonchev–Trinajstić information content (AvgIpc) is 3.11. The maximum absolute atomic E-state index is 10.7. The van der Waals surface area contributed by atoms with E-state index in [9.17, 15) is 19.8 Å². The van der Waals surface area contributed by atoms with E-state index in [1.165, 1.54) is 0 Å². The molecular formula is C17H32N6O7. The Labute approximate surface area is 173 Å². The van der Waals surface area contributed by atoms with Crippen LogP contribution in [-0.2, 0) is 9.59 Å². The first-order valence-corrected chi connectivity index (χ1v) is 9.73. The van der Waals surface area contributed by atoms with E-state index >= 15 is 0 Å². The van der Waals surface area contributed by atoms with Crippen LogP contribution in [0.25, 0.3) is 0 Å². The Morgan fingerprint density at radius 3 is 2.10 bits per heavy atom. The smallest absolute Gasteiger partial charge is 0.320 e. The number of aliphatic imine (C=N–C) groups is 2. The summed E-state index contributed by atoms with van der Waals surface area (Å²) in [7, 11) is 0. The molecule has 13 nitrogen and oxygen atoms in total. The number of aliphatic carboxylic acids is 2. The van der Waals surface area contributed by atoms with Crippen molar-refractivity contribution in [2.24, 2.45) is 21.5 Å². The minimum Gasteiger partial charge on any atom is -0.480 e. The van der Waals surface area contributed by atoms with Gasteiger partial charge in [-0.25, -0.2) is 0 Å². The van der Waals surface area contributed by atoms with E-state index in [0.717, 1.165) is 0 Å². The number of amidine groups is 1. The molecule has 1 fully saturated rings. The zero-order chi connectivity index (χ0) is 22.7. The second-order valence-electron chi connectivity index (χ2n) is 7.01. The van der Waals surface area contributed by atoms with Gasteiger partial charge >= 0.3 is 11.9 Å². The maximum atomic E-state index is 10.7. The van der Waals surface area contributed by atoms with Crippen LogP contribution < -0.4 is 22.1 Å². The largest absolute Gasteiger partial charge is 0.480 e. The van der Waals surface area contributed by atoms with Crippen LogP contribution in [0.3, 0.4) is 0 Å². The molecule has 1 aliphatic heterocycles. The van der Waals surface area contributed by atoms with Gasteiger partial charge in [0.25, 0.3) is 0 Å². The van der Waals surface area contributed by atoms with Crippen LogP contribution in [-0.4, -0.2) is 99.3 Å². The maximum Gasteiger partial charge on any atom is 0.320 e. The van der Waals surface area contributed by atoms with Crippen LogP contribution in [0.1, 0.15) is 32.1 Å². The van der Waals surface area contributed by atoms with Crippen LogP contribution in [0.5, 0.6) is 0 Å². The number of nitrogens with two attached hydrogens (primary N) is 2. The van der Waals surface area contributed by atoms with Gasteiger partial charge in [-0.05, 0) is 32.1 Å². The van der Waals surface area contributed by atoms with Gasteiger partial charge in [0.05, 0.1) is 6.61 Å². The van der Waals surface area contributed by atoms with Gasteiger partial charge in [-0.2, -0.15) is 0 Å². The first kappa shape index (κ1) is 25.7. The Morgan fingerprint density at radius 1 is 0.967 bits per heavy atom. The number of carboxylic acid groups (broad SMARTS) is 2. The fourth-order valence-electron chi connectivity index (χ4n) is 2.68.